The summed E-state index contributed by atoms with van der Waals surface area (Å²) in [7, 11) is 4.11. The zero-order valence-corrected chi connectivity index (χ0v) is 20.3. The van der Waals surface area contributed by atoms with Crippen molar-refractivity contribution in [2.24, 2.45) is 0 Å². The van der Waals surface area contributed by atoms with Gasteiger partial charge in [-0.3, -0.25) is 0 Å². The van der Waals surface area contributed by atoms with Crippen molar-refractivity contribution in [2.75, 3.05) is 45.2 Å². The first kappa shape index (κ1) is 21.0. The second kappa shape index (κ2) is 8.01. The molecule has 0 aliphatic carbocycles. The van der Waals surface area contributed by atoms with Crippen LogP contribution in [-0.4, -0.2) is 55.2 Å². The fraction of sp³-hybridized carbons (Fsp3) is 0.308. The van der Waals surface area contributed by atoms with E-state index in [1.807, 2.05) is 12.1 Å². The van der Waals surface area contributed by atoms with Gasteiger partial charge in [-0.1, -0.05) is 23.2 Å². The van der Waals surface area contributed by atoms with E-state index >= 15 is 0 Å². The fourth-order valence-electron chi connectivity index (χ4n) is 5.14. The lowest BCUT2D eigenvalue weighted by Gasteiger charge is -2.22. The van der Waals surface area contributed by atoms with Gasteiger partial charge in [0.05, 0.1) is 16.7 Å². The van der Waals surface area contributed by atoms with Crippen LogP contribution in [0.5, 0.6) is 5.75 Å². The Morgan fingerprint density at radius 1 is 0.879 bits per heavy atom. The topological polar surface area (TPSA) is 47.3 Å². The number of rotatable bonds is 5. The lowest BCUT2D eigenvalue weighted by Crippen LogP contribution is -2.20. The molecule has 0 saturated carbocycles. The molecule has 2 aromatic heterocycles. The van der Waals surface area contributed by atoms with Crippen LogP contribution in [-0.2, 0) is 0 Å². The average molecular weight is 481 g/mol. The molecule has 0 unspecified atom stereocenters. The number of likely N-dealkylation sites (N-methyl/N-ethyl adjacent to an activating group) is 1. The number of benzene rings is 3. The first-order valence-electron chi connectivity index (χ1n) is 11.4. The largest absolute Gasteiger partial charge is 0.488 e. The predicted molar refractivity (Wildman–Crippen MR) is 141 cm³/mol. The molecule has 0 bridgehead atoms. The molecule has 1 aliphatic heterocycles. The number of anilines is 1. The maximum Gasteiger partial charge on any atom is 0.167 e. The fourth-order valence-corrected chi connectivity index (χ4v) is 5.49. The molecule has 0 atom stereocenters. The van der Waals surface area contributed by atoms with Crippen LogP contribution in [0.25, 0.3) is 43.6 Å². The zero-order chi connectivity index (χ0) is 22.7. The van der Waals surface area contributed by atoms with E-state index in [0.29, 0.717) is 6.61 Å². The molecule has 6 rings (SSSR count). The number of ether oxygens (including phenoxy) is 1. The van der Waals surface area contributed by atoms with Crippen LogP contribution in [0.4, 0.5) is 5.69 Å². The van der Waals surface area contributed by atoms with E-state index in [-0.39, 0.29) is 0 Å². The van der Waals surface area contributed by atoms with E-state index in [2.05, 4.69) is 58.1 Å². The van der Waals surface area contributed by atoms with Crippen molar-refractivity contribution in [3.05, 3.63) is 46.4 Å². The summed E-state index contributed by atoms with van der Waals surface area (Å²) >= 11 is 12.9. The molecule has 1 fully saturated rings. The number of H-pyrrole nitrogens is 2. The van der Waals surface area contributed by atoms with Crippen molar-refractivity contribution in [1.82, 2.24) is 14.9 Å². The van der Waals surface area contributed by atoms with Gasteiger partial charge in [0.25, 0.3) is 0 Å². The molecular weight excluding hydrogens is 455 g/mol. The Bertz CT molecular complexity index is 1410. The maximum atomic E-state index is 6.49. The lowest BCUT2D eigenvalue weighted by atomic mass is 10.0. The molecule has 170 valence electrons. The Kier molecular flexibility index (Phi) is 5.09. The normalized spacial score (nSPS) is 14.6. The van der Waals surface area contributed by atoms with Crippen LogP contribution in [0.2, 0.25) is 10.0 Å². The summed E-state index contributed by atoms with van der Waals surface area (Å²) in [6, 6.07) is 12.1. The highest BCUT2D eigenvalue weighted by atomic mass is 35.5. The van der Waals surface area contributed by atoms with E-state index in [4.69, 9.17) is 27.9 Å². The van der Waals surface area contributed by atoms with Crippen molar-refractivity contribution in [1.29, 1.82) is 0 Å². The molecule has 1 aliphatic rings. The molecule has 3 aromatic carbocycles. The molecular formula is C26H26Cl2N4O. The Morgan fingerprint density at radius 2 is 1.42 bits per heavy atom. The summed E-state index contributed by atoms with van der Waals surface area (Å²) in [4.78, 5) is 11.9. The number of nitrogens with one attached hydrogen (secondary N) is 2. The quantitative estimate of drug-likeness (QED) is 0.290. The van der Waals surface area contributed by atoms with Gasteiger partial charge in [0.1, 0.15) is 6.61 Å². The van der Waals surface area contributed by atoms with Gasteiger partial charge < -0.3 is 24.5 Å². The van der Waals surface area contributed by atoms with Gasteiger partial charge in [0.2, 0.25) is 0 Å². The Morgan fingerprint density at radius 3 is 1.94 bits per heavy atom. The molecule has 0 amide bonds. The Balaban J connectivity index is 1.78. The second-order valence-corrected chi connectivity index (χ2v) is 10.0. The third-order valence-electron chi connectivity index (χ3n) is 6.66. The third kappa shape index (κ3) is 3.41. The highest BCUT2D eigenvalue weighted by Gasteiger charge is 2.27. The minimum absolute atomic E-state index is 0.590. The van der Waals surface area contributed by atoms with E-state index in [1.54, 1.807) is 0 Å². The van der Waals surface area contributed by atoms with Crippen LogP contribution < -0.4 is 9.64 Å². The third-order valence-corrected chi connectivity index (χ3v) is 7.13. The highest BCUT2D eigenvalue weighted by molar-refractivity contribution is 6.35. The molecule has 0 spiro atoms. The Hall–Kier alpha value is -2.60. The number of nitrogens with zero attached hydrogens (tertiary/aromatic N) is 2. The lowest BCUT2D eigenvalue weighted by molar-refractivity contribution is 0.265. The smallest absolute Gasteiger partial charge is 0.167 e. The summed E-state index contributed by atoms with van der Waals surface area (Å²) < 4.78 is 6.49. The van der Waals surface area contributed by atoms with Crippen molar-refractivity contribution in [2.45, 2.75) is 12.8 Å². The molecule has 33 heavy (non-hydrogen) atoms. The molecule has 7 heteroatoms. The number of hydrogen-bond donors (Lipinski definition) is 2. The second-order valence-electron chi connectivity index (χ2n) is 9.15. The number of hydrogen-bond acceptors (Lipinski definition) is 3. The van der Waals surface area contributed by atoms with Gasteiger partial charge in [-0.15, -0.1) is 0 Å². The average Bonchev–Trinajstić information content (AvgIpc) is 3.51. The van der Waals surface area contributed by atoms with Gasteiger partial charge in [-0.2, -0.15) is 0 Å². The van der Waals surface area contributed by atoms with Crippen LogP contribution in [0.15, 0.2) is 36.4 Å². The van der Waals surface area contributed by atoms with Crippen molar-refractivity contribution >= 4 is 72.5 Å². The van der Waals surface area contributed by atoms with Gasteiger partial charge in [0.15, 0.2) is 5.75 Å². The summed E-state index contributed by atoms with van der Waals surface area (Å²) in [6.45, 7) is 3.48. The van der Waals surface area contributed by atoms with E-state index < -0.39 is 0 Å². The number of halogens is 2. The monoisotopic (exact) mass is 480 g/mol. The minimum atomic E-state index is 0.590. The minimum Gasteiger partial charge on any atom is -0.488 e. The highest BCUT2D eigenvalue weighted by Crippen LogP contribution is 2.49. The Labute approximate surface area is 202 Å². The summed E-state index contributed by atoms with van der Waals surface area (Å²) in [5.41, 5.74) is 5.38. The SMILES string of the molecule is CN(C)CCOc1c2[nH]c3ccc(Cl)cc3c2c(N2CCCC2)c2c1[nH]c1ccc(Cl)cc12. The number of aromatic nitrogens is 2. The van der Waals surface area contributed by atoms with Crippen LogP contribution >= 0.6 is 23.2 Å². The standard InChI is InChI=1S/C26H26Cl2N4O/c1-31(2)11-12-33-26-23-21(17-13-15(27)5-7-19(17)29-23)25(32-9-3-4-10-32)22-18-14-16(28)6-8-20(18)30-24(22)26/h5-8,13-14,29-30H,3-4,9-12H2,1-2H3. The van der Waals surface area contributed by atoms with Crippen LogP contribution in [0.3, 0.4) is 0 Å². The van der Waals surface area contributed by atoms with E-state index in [0.717, 1.165) is 68.3 Å². The summed E-state index contributed by atoms with van der Waals surface area (Å²) in [6.07, 6.45) is 2.38. The first-order chi connectivity index (χ1) is 16.0. The molecule has 5 aromatic rings. The first-order valence-corrected chi connectivity index (χ1v) is 12.2. The van der Waals surface area contributed by atoms with Gasteiger partial charge in [-0.05, 0) is 63.3 Å². The van der Waals surface area contributed by atoms with Crippen LogP contribution in [0, 0.1) is 0 Å². The zero-order valence-electron chi connectivity index (χ0n) is 18.8. The predicted octanol–water partition coefficient (Wildman–Crippen LogP) is 6.80. The molecule has 0 radical (unpaired) electrons. The maximum absolute atomic E-state index is 6.49. The van der Waals surface area contributed by atoms with E-state index in [9.17, 15) is 0 Å². The van der Waals surface area contributed by atoms with Crippen molar-refractivity contribution < 1.29 is 4.74 Å². The van der Waals surface area contributed by atoms with Gasteiger partial charge >= 0.3 is 0 Å². The van der Waals surface area contributed by atoms with Crippen LogP contribution in [0.1, 0.15) is 12.8 Å². The molecule has 2 N–H and O–H groups in total. The van der Waals surface area contributed by atoms with Gasteiger partial charge in [0, 0.05) is 62.3 Å². The van der Waals surface area contributed by atoms with Crippen molar-refractivity contribution in [3.63, 3.8) is 0 Å². The van der Waals surface area contributed by atoms with E-state index in [1.165, 1.54) is 29.3 Å². The van der Waals surface area contributed by atoms with Crippen molar-refractivity contribution in [3.8, 4) is 5.75 Å². The summed E-state index contributed by atoms with van der Waals surface area (Å²) in [5, 5.41) is 6.04. The number of fused-ring (bicyclic) bond motifs is 6. The number of aromatic amines is 2. The molecule has 1 saturated heterocycles. The molecule has 5 nitrogen and oxygen atoms in total. The van der Waals surface area contributed by atoms with Gasteiger partial charge in [-0.25, -0.2) is 0 Å². The molecule has 3 heterocycles. The summed E-state index contributed by atoms with van der Waals surface area (Å²) in [5.74, 6) is 0.851.